The van der Waals surface area contributed by atoms with Crippen LogP contribution in [0.1, 0.15) is 66.2 Å². The maximum atomic E-state index is 16.0. The molecule has 5 fully saturated rings. The number of carbonyl (C=O) groups excluding carboxylic acids is 3. The van der Waals surface area contributed by atoms with Crippen LogP contribution in [0.25, 0.3) is 27.9 Å². The van der Waals surface area contributed by atoms with Gasteiger partial charge in [0.15, 0.2) is 17.2 Å². The van der Waals surface area contributed by atoms with Crippen molar-refractivity contribution < 1.29 is 27.6 Å². The van der Waals surface area contributed by atoms with E-state index in [1.165, 1.54) is 19.8 Å². The Kier molecular flexibility index (Phi) is 11.2. The number of hydrogen-bond donors (Lipinski definition) is 3. The summed E-state index contributed by atoms with van der Waals surface area (Å²) in [5.41, 5.74) is 8.51. The molecular weight excluding hydrogens is 916 g/mol. The number of amides is 3. The van der Waals surface area contributed by atoms with Crippen molar-refractivity contribution in [1.29, 1.82) is 0 Å². The first-order valence-corrected chi connectivity index (χ1v) is 24.8. The molecule has 17 nitrogen and oxygen atoms in total. The molecule has 4 saturated heterocycles. The minimum atomic E-state index is -2.82. The number of fused-ring (bicyclic) bond motifs is 3. The van der Waals surface area contributed by atoms with E-state index in [0.717, 1.165) is 59.4 Å². The number of piperidine rings is 3. The molecule has 5 aliphatic heterocycles. The van der Waals surface area contributed by atoms with Gasteiger partial charge in [-0.15, -0.1) is 5.10 Å². The smallest absolute Gasteiger partial charge is 0.329 e. The molecule has 4 aromatic heterocycles. The number of aromatic nitrogens is 6. The number of hydrogen-bond acceptors (Lipinski definition) is 12. The highest BCUT2D eigenvalue weighted by Crippen LogP contribution is 2.41. The van der Waals surface area contributed by atoms with E-state index in [1.54, 1.807) is 14.1 Å². The summed E-state index contributed by atoms with van der Waals surface area (Å²) in [6.07, 6.45) is 6.58. The second kappa shape index (κ2) is 17.5. The van der Waals surface area contributed by atoms with Crippen LogP contribution in [0.4, 0.5) is 36.1 Å². The fourth-order valence-corrected chi connectivity index (χ4v) is 11.9. The molecule has 2 aromatic carbocycles. The SMILES string of the molecule is CNc1cc(N2CCc3c(-c4ccc(CC5CN(C6CCN(C7CCN(c8ccc9c(c8)n(C)c(=O)n9C8CCC(=O)NC8=O)CC7)CC6(F)F)C5)cn4)cccc32)nn2c(C(=O)N[C@@H]3C[C@@H]3F)cnc12. The van der Waals surface area contributed by atoms with Crippen LogP contribution in [0.3, 0.4) is 0 Å². The quantitative estimate of drug-likeness (QED) is 0.151. The number of aryl methyl sites for hydroxylation is 1. The third-order valence-corrected chi connectivity index (χ3v) is 15.9. The van der Waals surface area contributed by atoms with Crippen molar-refractivity contribution in [2.75, 3.05) is 68.0 Å². The molecule has 71 heavy (non-hydrogen) atoms. The zero-order valence-corrected chi connectivity index (χ0v) is 39.7. The van der Waals surface area contributed by atoms with Gasteiger partial charge in [-0.25, -0.2) is 27.5 Å². The number of nitrogens with zero attached hydrogens (tertiary/aromatic N) is 10. The van der Waals surface area contributed by atoms with Gasteiger partial charge in [-0.2, -0.15) is 0 Å². The highest BCUT2D eigenvalue weighted by Gasteiger charge is 2.51. The van der Waals surface area contributed by atoms with Gasteiger partial charge in [0, 0.05) is 101 Å². The van der Waals surface area contributed by atoms with E-state index in [0.29, 0.717) is 80.3 Å². The number of halogens is 3. The first-order valence-electron chi connectivity index (χ1n) is 24.8. The van der Waals surface area contributed by atoms with Crippen molar-refractivity contribution in [1.82, 2.24) is 49.1 Å². The summed E-state index contributed by atoms with van der Waals surface area (Å²) >= 11 is 0. The van der Waals surface area contributed by atoms with Crippen molar-refractivity contribution in [3.63, 3.8) is 0 Å². The molecule has 3 amide bonds. The van der Waals surface area contributed by atoms with E-state index in [2.05, 4.69) is 48.9 Å². The summed E-state index contributed by atoms with van der Waals surface area (Å²) in [6, 6.07) is 16.0. The van der Waals surface area contributed by atoms with Gasteiger partial charge in [0.05, 0.1) is 47.2 Å². The van der Waals surface area contributed by atoms with Gasteiger partial charge < -0.3 is 20.4 Å². The Bertz CT molecular complexity index is 3160. The fourth-order valence-electron chi connectivity index (χ4n) is 11.9. The number of alkyl halides is 3. The molecule has 3 N–H and O–H groups in total. The van der Waals surface area contributed by atoms with E-state index in [-0.39, 0.29) is 48.6 Å². The number of imidazole rings is 2. The third-order valence-electron chi connectivity index (χ3n) is 15.9. The van der Waals surface area contributed by atoms with E-state index < -0.39 is 42.0 Å². The standard InChI is InChI=1S/C51H56F3N13O4/c1-55-38-23-45(60-67-43(25-57-47(38)67)49(70)58-37-22-35(37)52)65-19-14-34-33(4-3-5-39(34)65)36-8-6-29(24-56-36)20-30-26-64(27-30)44-15-18-63(28-51(44,53)54)31-12-16-62(17-13-31)32-7-9-40-42(21-32)61(2)50(71)66(40)41-10-11-46(68)59-48(41)69/h3-9,21,23-25,30-31,35,37,41,44,55H,10-20,22,26-28H2,1-2H3,(H,58,70)(H,59,68,69)/t35-,37+,41?,44?/m0/s1. The van der Waals surface area contributed by atoms with E-state index >= 15 is 8.78 Å². The van der Waals surface area contributed by atoms with E-state index in [9.17, 15) is 23.6 Å². The van der Waals surface area contributed by atoms with Crippen LogP contribution in [0.5, 0.6) is 0 Å². The monoisotopic (exact) mass is 971 g/mol. The number of likely N-dealkylation sites (tertiary alicyclic amines) is 2. The number of pyridine rings is 1. The summed E-state index contributed by atoms with van der Waals surface area (Å²) in [7, 11) is 3.47. The Hall–Kier alpha value is -6.80. The van der Waals surface area contributed by atoms with Crippen molar-refractivity contribution in [2.45, 2.75) is 87.6 Å². The molecule has 1 saturated carbocycles. The highest BCUT2D eigenvalue weighted by molar-refractivity contribution is 6.00. The van der Waals surface area contributed by atoms with Gasteiger partial charge in [-0.3, -0.25) is 43.6 Å². The first kappa shape index (κ1) is 45.3. The van der Waals surface area contributed by atoms with Crippen LogP contribution in [-0.4, -0.2) is 139 Å². The number of imide groups is 1. The third kappa shape index (κ3) is 8.08. The predicted octanol–water partition coefficient (Wildman–Crippen LogP) is 4.85. The molecule has 9 heterocycles. The van der Waals surface area contributed by atoms with Gasteiger partial charge in [0.25, 0.3) is 11.8 Å². The number of carbonyl (C=O) groups is 3. The van der Waals surface area contributed by atoms with Crippen molar-refractivity contribution >= 4 is 57.3 Å². The largest absolute Gasteiger partial charge is 0.385 e. The van der Waals surface area contributed by atoms with Gasteiger partial charge >= 0.3 is 5.69 Å². The Balaban J connectivity index is 0.642. The van der Waals surface area contributed by atoms with Gasteiger partial charge in [0.1, 0.15) is 12.2 Å². The molecule has 0 radical (unpaired) electrons. The summed E-state index contributed by atoms with van der Waals surface area (Å²) < 4.78 is 50.2. The second-order valence-corrected chi connectivity index (χ2v) is 20.3. The Morgan fingerprint density at radius 2 is 1.72 bits per heavy atom. The lowest BCUT2D eigenvalue weighted by Gasteiger charge is -2.52. The fraction of sp³-hybridized carbons (Fsp3) is 0.471. The second-order valence-electron chi connectivity index (χ2n) is 20.3. The minimum Gasteiger partial charge on any atom is -0.385 e. The Morgan fingerprint density at radius 1 is 0.901 bits per heavy atom. The highest BCUT2D eigenvalue weighted by atomic mass is 19.3. The lowest BCUT2D eigenvalue weighted by atomic mass is 9.87. The number of anilines is 4. The molecule has 0 spiro atoms. The van der Waals surface area contributed by atoms with Crippen LogP contribution in [0.15, 0.2) is 71.8 Å². The lowest BCUT2D eigenvalue weighted by Crippen LogP contribution is -2.65. The summed E-state index contributed by atoms with van der Waals surface area (Å²) in [5.74, 6) is -3.13. The van der Waals surface area contributed by atoms with Crippen molar-refractivity contribution in [3.8, 4) is 11.3 Å². The molecule has 4 atom stereocenters. The normalized spacial score (nSPS) is 24.1. The van der Waals surface area contributed by atoms with E-state index in [4.69, 9.17) is 10.1 Å². The number of benzene rings is 2. The molecule has 6 aromatic rings. The van der Waals surface area contributed by atoms with Crippen molar-refractivity contribution in [2.24, 2.45) is 13.0 Å². The molecule has 2 unspecified atom stereocenters. The van der Waals surface area contributed by atoms with Gasteiger partial charge in [-0.1, -0.05) is 18.2 Å². The van der Waals surface area contributed by atoms with Gasteiger partial charge in [0.2, 0.25) is 11.8 Å². The van der Waals surface area contributed by atoms with Gasteiger partial charge in [-0.05, 0) is 85.9 Å². The summed E-state index contributed by atoms with van der Waals surface area (Å²) in [4.78, 5) is 68.4. The first-order chi connectivity index (χ1) is 34.3. The zero-order valence-electron chi connectivity index (χ0n) is 39.7. The molecular formula is C51H56F3N13O4. The van der Waals surface area contributed by atoms with Crippen molar-refractivity contribution in [3.05, 3.63) is 94.3 Å². The maximum Gasteiger partial charge on any atom is 0.329 e. The predicted molar refractivity (Wildman–Crippen MR) is 261 cm³/mol. The number of nitrogens with one attached hydrogen (secondary N) is 3. The lowest BCUT2D eigenvalue weighted by molar-refractivity contribution is -0.155. The minimum absolute atomic E-state index is 0.0619. The molecule has 6 aliphatic rings. The Labute approximate surface area is 407 Å². The van der Waals surface area contributed by atoms with E-state index in [1.807, 2.05) is 52.4 Å². The van der Waals surface area contributed by atoms with Crippen LogP contribution in [-0.2, 0) is 29.5 Å². The number of rotatable bonds is 11. The topological polar surface area (TPSA) is 170 Å². The van der Waals surface area contributed by atoms with Crippen LogP contribution >= 0.6 is 0 Å². The van der Waals surface area contributed by atoms with Crippen LogP contribution < -0.4 is 31.4 Å². The molecule has 20 heteroatoms. The summed E-state index contributed by atoms with van der Waals surface area (Å²) in [6.45, 7) is 3.74. The van der Waals surface area contributed by atoms with Crippen LogP contribution in [0, 0.1) is 5.92 Å². The van der Waals surface area contributed by atoms with Crippen LogP contribution in [0.2, 0.25) is 0 Å². The molecule has 1 aliphatic carbocycles. The average molecular weight is 972 g/mol. The maximum absolute atomic E-state index is 16.0. The molecule has 0 bridgehead atoms. The summed E-state index contributed by atoms with van der Waals surface area (Å²) in [5, 5.41) is 13.1. The zero-order chi connectivity index (χ0) is 48.9. The Morgan fingerprint density at radius 3 is 2.45 bits per heavy atom. The average Bonchev–Trinajstić information content (AvgIpc) is 3.63. The molecule has 370 valence electrons. The molecule has 12 rings (SSSR count).